The van der Waals surface area contributed by atoms with Gasteiger partial charge in [0.1, 0.15) is 0 Å². The summed E-state index contributed by atoms with van der Waals surface area (Å²) in [7, 11) is 0. The third-order valence-electron chi connectivity index (χ3n) is 4.09. The third kappa shape index (κ3) is 5.01. The van der Waals surface area contributed by atoms with Crippen molar-refractivity contribution in [3.8, 4) is 0 Å². The highest BCUT2D eigenvalue weighted by molar-refractivity contribution is 5.85. The van der Waals surface area contributed by atoms with E-state index in [1.807, 2.05) is 6.92 Å². The van der Waals surface area contributed by atoms with Gasteiger partial charge in [-0.25, -0.2) is 0 Å². The fourth-order valence-corrected chi connectivity index (χ4v) is 2.64. The van der Waals surface area contributed by atoms with E-state index in [9.17, 15) is 4.79 Å². The van der Waals surface area contributed by atoms with Gasteiger partial charge in [-0.05, 0) is 43.4 Å². The monoisotopic (exact) mass is 310 g/mol. The van der Waals surface area contributed by atoms with Crippen LogP contribution in [0.3, 0.4) is 0 Å². The molecule has 0 bridgehead atoms. The molecular weight excluding hydrogens is 284 g/mol. The van der Waals surface area contributed by atoms with Crippen LogP contribution in [-0.4, -0.2) is 18.5 Å². The zero-order chi connectivity index (χ0) is 14.5. The Morgan fingerprint density at radius 3 is 2.29 bits per heavy atom. The van der Waals surface area contributed by atoms with Crippen LogP contribution < -0.4 is 10.6 Å². The van der Waals surface area contributed by atoms with E-state index < -0.39 is 0 Å². The lowest BCUT2D eigenvalue weighted by Gasteiger charge is -2.24. The smallest absolute Gasteiger partial charge is 0.237 e. The Morgan fingerprint density at radius 2 is 1.76 bits per heavy atom. The maximum absolute atomic E-state index is 12.2. The van der Waals surface area contributed by atoms with Crippen LogP contribution in [0.25, 0.3) is 0 Å². The second kappa shape index (κ2) is 8.40. The van der Waals surface area contributed by atoms with E-state index in [1.54, 1.807) is 0 Å². The fraction of sp³-hybridized carbons (Fsp3) is 0.588. The van der Waals surface area contributed by atoms with Crippen molar-refractivity contribution in [3.63, 3.8) is 0 Å². The first-order chi connectivity index (χ1) is 9.58. The zero-order valence-electron chi connectivity index (χ0n) is 13.2. The molecule has 1 unspecified atom stereocenters. The molecule has 0 radical (unpaired) electrons. The lowest BCUT2D eigenvalue weighted by molar-refractivity contribution is -0.124. The molecule has 2 N–H and O–H groups in total. The first kappa shape index (κ1) is 18.0. The molecule has 0 aromatic heterocycles. The van der Waals surface area contributed by atoms with Gasteiger partial charge in [-0.15, -0.1) is 12.4 Å². The van der Waals surface area contributed by atoms with Crippen molar-refractivity contribution >= 4 is 18.3 Å². The third-order valence-corrected chi connectivity index (χ3v) is 4.09. The standard InChI is InChI=1S/C17H26N2O.ClH/c1-12(2)14-7-9-15(10-8-14)13(3)19-17(20)16-6-4-5-11-18-16;/h7-10,12-13,16,18H,4-6,11H2,1-3H3,(H,19,20);1H/t13?,16-;/m1./s1. The summed E-state index contributed by atoms with van der Waals surface area (Å²) in [5, 5.41) is 6.40. The number of amides is 1. The van der Waals surface area contributed by atoms with E-state index in [4.69, 9.17) is 0 Å². The molecule has 1 aliphatic rings. The molecule has 21 heavy (non-hydrogen) atoms. The molecule has 1 fully saturated rings. The van der Waals surface area contributed by atoms with E-state index in [0.29, 0.717) is 5.92 Å². The molecule has 1 amide bonds. The van der Waals surface area contributed by atoms with Crippen molar-refractivity contribution in [3.05, 3.63) is 35.4 Å². The molecule has 2 rings (SSSR count). The van der Waals surface area contributed by atoms with Crippen LogP contribution in [0.5, 0.6) is 0 Å². The Kier molecular flexibility index (Phi) is 7.20. The van der Waals surface area contributed by atoms with Crippen molar-refractivity contribution in [2.24, 2.45) is 0 Å². The van der Waals surface area contributed by atoms with Gasteiger partial charge < -0.3 is 10.6 Å². The van der Waals surface area contributed by atoms with Crippen LogP contribution in [-0.2, 0) is 4.79 Å². The Labute approximate surface area is 134 Å². The van der Waals surface area contributed by atoms with Crippen LogP contribution in [0.4, 0.5) is 0 Å². The quantitative estimate of drug-likeness (QED) is 0.893. The van der Waals surface area contributed by atoms with Gasteiger partial charge in [-0.3, -0.25) is 4.79 Å². The SMILES string of the molecule is CC(C)c1ccc(C(C)NC(=O)[C@H]2CCCCN2)cc1.Cl. The summed E-state index contributed by atoms with van der Waals surface area (Å²) >= 11 is 0. The second-order valence-electron chi connectivity index (χ2n) is 6.05. The summed E-state index contributed by atoms with van der Waals surface area (Å²) < 4.78 is 0. The molecule has 1 aromatic carbocycles. The molecule has 1 aliphatic heterocycles. The molecule has 0 spiro atoms. The van der Waals surface area contributed by atoms with E-state index in [2.05, 4.69) is 48.7 Å². The molecule has 1 aromatic rings. The summed E-state index contributed by atoms with van der Waals surface area (Å²) in [6.07, 6.45) is 3.27. The van der Waals surface area contributed by atoms with Gasteiger partial charge >= 0.3 is 0 Å². The minimum atomic E-state index is -0.0128. The summed E-state index contributed by atoms with van der Waals surface area (Å²) in [4.78, 5) is 12.2. The minimum Gasteiger partial charge on any atom is -0.348 e. The highest BCUT2D eigenvalue weighted by atomic mass is 35.5. The average Bonchev–Trinajstić information content (AvgIpc) is 2.48. The molecule has 3 nitrogen and oxygen atoms in total. The van der Waals surface area contributed by atoms with Gasteiger partial charge in [0, 0.05) is 0 Å². The molecule has 0 aliphatic carbocycles. The fourth-order valence-electron chi connectivity index (χ4n) is 2.64. The first-order valence-electron chi connectivity index (χ1n) is 7.71. The number of halogens is 1. The second-order valence-corrected chi connectivity index (χ2v) is 6.05. The van der Waals surface area contributed by atoms with Crippen molar-refractivity contribution < 1.29 is 4.79 Å². The molecule has 118 valence electrons. The predicted molar refractivity (Wildman–Crippen MR) is 90.0 cm³/mol. The van der Waals surface area contributed by atoms with Gasteiger partial charge in [0.05, 0.1) is 12.1 Å². The molecular formula is C17H27ClN2O. The molecule has 0 saturated carbocycles. The van der Waals surface area contributed by atoms with Crippen LogP contribution in [0.1, 0.15) is 63.1 Å². The number of carbonyl (C=O) groups excluding carboxylic acids is 1. The lowest BCUT2D eigenvalue weighted by Crippen LogP contribution is -2.47. The predicted octanol–water partition coefficient (Wildman–Crippen LogP) is 3.55. The maximum Gasteiger partial charge on any atom is 0.237 e. The van der Waals surface area contributed by atoms with E-state index in [1.165, 1.54) is 17.5 Å². The Morgan fingerprint density at radius 1 is 1.14 bits per heavy atom. The van der Waals surface area contributed by atoms with E-state index >= 15 is 0 Å². The van der Waals surface area contributed by atoms with Gasteiger partial charge in [0.2, 0.25) is 5.91 Å². The lowest BCUT2D eigenvalue weighted by atomic mass is 9.99. The van der Waals surface area contributed by atoms with E-state index in [-0.39, 0.29) is 30.4 Å². The number of benzene rings is 1. The largest absolute Gasteiger partial charge is 0.348 e. The molecule has 4 heteroatoms. The summed E-state index contributed by atoms with van der Waals surface area (Å²) in [5.41, 5.74) is 2.50. The highest BCUT2D eigenvalue weighted by Crippen LogP contribution is 2.19. The van der Waals surface area contributed by atoms with Crippen molar-refractivity contribution in [2.45, 2.75) is 58.0 Å². The number of piperidine rings is 1. The van der Waals surface area contributed by atoms with Gasteiger partial charge in [0.25, 0.3) is 0 Å². The van der Waals surface area contributed by atoms with Gasteiger partial charge in [-0.2, -0.15) is 0 Å². The van der Waals surface area contributed by atoms with Crippen molar-refractivity contribution in [1.82, 2.24) is 10.6 Å². The summed E-state index contributed by atoms with van der Waals surface area (Å²) in [6, 6.07) is 8.60. The van der Waals surface area contributed by atoms with Gasteiger partial charge in [-0.1, -0.05) is 44.5 Å². The summed E-state index contributed by atoms with van der Waals surface area (Å²) in [5.74, 6) is 0.672. The van der Waals surface area contributed by atoms with Crippen LogP contribution >= 0.6 is 12.4 Å². The highest BCUT2D eigenvalue weighted by Gasteiger charge is 2.21. The normalized spacial score (nSPS) is 19.7. The number of carbonyl (C=O) groups is 1. The molecule has 2 atom stereocenters. The number of hydrogen-bond donors (Lipinski definition) is 2. The van der Waals surface area contributed by atoms with Crippen molar-refractivity contribution in [1.29, 1.82) is 0 Å². The Bertz CT molecular complexity index is 439. The summed E-state index contributed by atoms with van der Waals surface area (Å²) in [6.45, 7) is 7.38. The van der Waals surface area contributed by atoms with Gasteiger partial charge in [0.15, 0.2) is 0 Å². The Hall–Kier alpha value is -1.06. The topological polar surface area (TPSA) is 41.1 Å². The average molecular weight is 311 g/mol. The van der Waals surface area contributed by atoms with Crippen LogP contribution in [0.15, 0.2) is 24.3 Å². The maximum atomic E-state index is 12.2. The number of hydrogen-bond acceptors (Lipinski definition) is 2. The van der Waals surface area contributed by atoms with Crippen LogP contribution in [0.2, 0.25) is 0 Å². The minimum absolute atomic E-state index is 0. The number of nitrogens with one attached hydrogen (secondary N) is 2. The Balaban J connectivity index is 0.00000220. The number of rotatable bonds is 4. The molecule has 1 heterocycles. The van der Waals surface area contributed by atoms with E-state index in [0.717, 1.165) is 19.4 Å². The van der Waals surface area contributed by atoms with Crippen molar-refractivity contribution in [2.75, 3.05) is 6.54 Å². The van der Waals surface area contributed by atoms with Crippen LogP contribution in [0, 0.1) is 0 Å². The molecule has 1 saturated heterocycles. The first-order valence-corrected chi connectivity index (χ1v) is 7.71. The zero-order valence-corrected chi connectivity index (χ0v) is 14.0.